The van der Waals surface area contributed by atoms with Crippen LogP contribution in [0, 0.1) is 0 Å². The van der Waals surface area contributed by atoms with E-state index in [-0.39, 0.29) is 17.9 Å². The number of carbonyl (C=O) groups excluding carboxylic acids is 1. The zero-order chi connectivity index (χ0) is 18.1. The fourth-order valence-electron chi connectivity index (χ4n) is 3.55. The van der Waals surface area contributed by atoms with Crippen molar-refractivity contribution < 1.29 is 13.9 Å². The van der Waals surface area contributed by atoms with Crippen molar-refractivity contribution in [3.63, 3.8) is 0 Å². The van der Waals surface area contributed by atoms with Crippen molar-refractivity contribution in [2.24, 2.45) is 0 Å². The molecule has 4 rings (SSSR count). The van der Waals surface area contributed by atoms with E-state index in [1.165, 1.54) is 0 Å². The molecule has 1 amide bonds. The van der Waals surface area contributed by atoms with Gasteiger partial charge in [0.05, 0.1) is 13.2 Å². The van der Waals surface area contributed by atoms with Crippen molar-refractivity contribution in [1.29, 1.82) is 0 Å². The highest BCUT2D eigenvalue weighted by Crippen LogP contribution is 2.33. The van der Waals surface area contributed by atoms with Gasteiger partial charge in [-0.2, -0.15) is 4.98 Å². The number of nitrogens with zero attached hydrogens (tertiary/aromatic N) is 2. The molecular formula is C20H21N3O3. The molecule has 0 spiro atoms. The lowest BCUT2D eigenvalue weighted by Crippen LogP contribution is -2.38. The topological polar surface area (TPSA) is 67.6 Å². The van der Waals surface area contributed by atoms with Gasteiger partial charge < -0.3 is 19.4 Å². The molecule has 3 aromatic rings. The third-order valence-electron chi connectivity index (χ3n) is 4.81. The molecule has 0 aliphatic carbocycles. The van der Waals surface area contributed by atoms with Gasteiger partial charge in [-0.15, -0.1) is 0 Å². The molecule has 2 heterocycles. The van der Waals surface area contributed by atoms with Crippen LogP contribution in [0.15, 0.2) is 52.9 Å². The minimum atomic E-state index is -0.0343. The van der Waals surface area contributed by atoms with Crippen molar-refractivity contribution in [2.75, 3.05) is 25.1 Å². The molecule has 1 fully saturated rings. The van der Waals surface area contributed by atoms with E-state index in [4.69, 9.17) is 9.15 Å². The first kappa shape index (κ1) is 16.4. The van der Waals surface area contributed by atoms with Gasteiger partial charge in [0.1, 0.15) is 11.3 Å². The average molecular weight is 351 g/mol. The summed E-state index contributed by atoms with van der Waals surface area (Å²) in [6.45, 7) is 2.93. The van der Waals surface area contributed by atoms with E-state index >= 15 is 0 Å². The monoisotopic (exact) mass is 351 g/mol. The lowest BCUT2D eigenvalue weighted by molar-refractivity contribution is -0.119. The van der Waals surface area contributed by atoms with E-state index in [1.807, 2.05) is 48.5 Å². The van der Waals surface area contributed by atoms with Crippen LogP contribution in [0.2, 0.25) is 0 Å². The Morgan fingerprint density at radius 2 is 1.96 bits per heavy atom. The minimum Gasteiger partial charge on any atom is -0.497 e. The van der Waals surface area contributed by atoms with Gasteiger partial charge in [0.25, 0.3) is 6.01 Å². The highest BCUT2D eigenvalue weighted by molar-refractivity contribution is 5.75. The highest BCUT2D eigenvalue weighted by atomic mass is 16.5. The van der Waals surface area contributed by atoms with Crippen LogP contribution in [-0.2, 0) is 4.79 Å². The average Bonchev–Trinajstić information content (AvgIpc) is 3.25. The first-order valence-electron chi connectivity index (χ1n) is 8.65. The van der Waals surface area contributed by atoms with Crippen molar-refractivity contribution in [1.82, 2.24) is 10.3 Å². The van der Waals surface area contributed by atoms with Gasteiger partial charge in [0.2, 0.25) is 5.91 Å². The third-order valence-corrected chi connectivity index (χ3v) is 4.81. The zero-order valence-corrected chi connectivity index (χ0v) is 14.8. The summed E-state index contributed by atoms with van der Waals surface area (Å²) in [5, 5.41) is 3.07. The summed E-state index contributed by atoms with van der Waals surface area (Å²) in [4.78, 5) is 18.4. The van der Waals surface area contributed by atoms with Gasteiger partial charge in [0.15, 0.2) is 5.58 Å². The summed E-state index contributed by atoms with van der Waals surface area (Å²) in [7, 11) is 1.65. The van der Waals surface area contributed by atoms with Gasteiger partial charge in [0, 0.05) is 25.9 Å². The Morgan fingerprint density at radius 3 is 2.65 bits per heavy atom. The number of oxazole rings is 1. The van der Waals surface area contributed by atoms with Gasteiger partial charge in [-0.05, 0) is 29.8 Å². The molecule has 6 heteroatoms. The predicted octanol–water partition coefficient (Wildman–Crippen LogP) is 2.94. The second-order valence-electron chi connectivity index (χ2n) is 6.56. The number of ether oxygens (including phenoxy) is 1. The number of methoxy groups -OCH3 is 1. The Labute approximate surface area is 151 Å². The number of amides is 1. The first-order chi connectivity index (χ1) is 12.6. The molecule has 6 nitrogen and oxygen atoms in total. The molecule has 134 valence electrons. The Kier molecular flexibility index (Phi) is 4.24. The number of benzene rings is 2. The maximum Gasteiger partial charge on any atom is 0.298 e. The minimum absolute atomic E-state index is 0.00379. The molecule has 1 saturated heterocycles. The normalized spacial score (nSPS) is 19.7. The first-order valence-corrected chi connectivity index (χ1v) is 8.65. The lowest BCUT2D eigenvalue weighted by Gasteiger charge is -2.19. The van der Waals surface area contributed by atoms with Crippen LogP contribution in [0.4, 0.5) is 6.01 Å². The van der Waals surface area contributed by atoms with E-state index in [1.54, 1.807) is 14.0 Å². The zero-order valence-electron chi connectivity index (χ0n) is 14.8. The molecule has 2 unspecified atom stereocenters. The van der Waals surface area contributed by atoms with Crippen LogP contribution in [0.1, 0.15) is 18.4 Å². The third kappa shape index (κ3) is 3.10. The maximum atomic E-state index is 11.7. The van der Waals surface area contributed by atoms with Crippen molar-refractivity contribution in [2.45, 2.75) is 18.9 Å². The van der Waals surface area contributed by atoms with Crippen molar-refractivity contribution in [3.8, 4) is 5.75 Å². The van der Waals surface area contributed by atoms with Crippen LogP contribution in [0.25, 0.3) is 11.1 Å². The smallest absolute Gasteiger partial charge is 0.298 e. The predicted molar refractivity (Wildman–Crippen MR) is 99.6 cm³/mol. The van der Waals surface area contributed by atoms with Crippen LogP contribution < -0.4 is 15.0 Å². The van der Waals surface area contributed by atoms with Crippen LogP contribution >= 0.6 is 0 Å². The van der Waals surface area contributed by atoms with Crippen molar-refractivity contribution in [3.05, 3.63) is 54.1 Å². The molecule has 0 bridgehead atoms. The summed E-state index contributed by atoms with van der Waals surface area (Å²) in [6.07, 6.45) is 0. The summed E-state index contributed by atoms with van der Waals surface area (Å²) in [6, 6.07) is 16.3. The summed E-state index contributed by atoms with van der Waals surface area (Å²) in [5.74, 6) is 0.936. The molecule has 0 saturated carbocycles. The van der Waals surface area contributed by atoms with E-state index in [2.05, 4.69) is 15.2 Å². The molecule has 1 aliphatic heterocycles. The lowest BCUT2D eigenvalue weighted by atomic mass is 9.94. The van der Waals surface area contributed by atoms with Gasteiger partial charge >= 0.3 is 0 Å². The standard InChI is InChI=1S/C20H21N3O3/c1-13(24)21-18-12-23(20-22-17-5-3-4-6-19(17)26-20)11-16(18)14-7-9-15(25-2)10-8-14/h3-10,16,18H,11-12H2,1-2H3,(H,21,24). The van der Waals surface area contributed by atoms with E-state index in [0.717, 1.165) is 29.0 Å². The van der Waals surface area contributed by atoms with E-state index < -0.39 is 0 Å². The Morgan fingerprint density at radius 1 is 1.19 bits per heavy atom. The second kappa shape index (κ2) is 6.71. The van der Waals surface area contributed by atoms with Crippen molar-refractivity contribution >= 4 is 23.0 Å². The number of rotatable bonds is 4. The second-order valence-corrected chi connectivity index (χ2v) is 6.56. The molecule has 2 atom stereocenters. The summed E-state index contributed by atoms with van der Waals surface area (Å²) >= 11 is 0. The van der Waals surface area contributed by atoms with Gasteiger partial charge in [-0.3, -0.25) is 4.79 Å². The molecular weight excluding hydrogens is 330 g/mol. The maximum absolute atomic E-state index is 11.7. The van der Waals surface area contributed by atoms with E-state index in [9.17, 15) is 4.79 Å². The molecule has 1 aromatic heterocycles. The number of hydrogen-bond acceptors (Lipinski definition) is 5. The molecule has 2 aromatic carbocycles. The fraction of sp³-hybridized carbons (Fsp3) is 0.300. The van der Waals surface area contributed by atoms with Gasteiger partial charge in [-0.25, -0.2) is 0 Å². The molecule has 1 N–H and O–H groups in total. The molecule has 26 heavy (non-hydrogen) atoms. The Balaban J connectivity index is 1.62. The molecule has 1 aliphatic rings. The largest absolute Gasteiger partial charge is 0.497 e. The quantitative estimate of drug-likeness (QED) is 0.783. The summed E-state index contributed by atoms with van der Waals surface area (Å²) in [5.41, 5.74) is 2.76. The Hall–Kier alpha value is -3.02. The number of hydrogen-bond donors (Lipinski definition) is 1. The fourth-order valence-corrected chi connectivity index (χ4v) is 3.55. The van der Waals surface area contributed by atoms with Crippen LogP contribution in [0.3, 0.4) is 0 Å². The number of carbonyl (C=O) groups is 1. The number of aromatic nitrogens is 1. The number of nitrogens with one attached hydrogen (secondary N) is 1. The summed E-state index contributed by atoms with van der Waals surface area (Å²) < 4.78 is 11.2. The Bertz CT molecular complexity index is 886. The van der Waals surface area contributed by atoms with Crippen LogP contribution in [0.5, 0.6) is 5.75 Å². The highest BCUT2D eigenvalue weighted by Gasteiger charge is 2.36. The SMILES string of the molecule is COc1ccc(C2CN(c3nc4ccccc4o3)CC2NC(C)=O)cc1. The molecule has 0 radical (unpaired) electrons. The van der Waals surface area contributed by atoms with Gasteiger partial charge in [-0.1, -0.05) is 24.3 Å². The van der Waals surface area contributed by atoms with Crippen LogP contribution in [-0.4, -0.2) is 37.1 Å². The number of para-hydroxylation sites is 2. The van der Waals surface area contributed by atoms with E-state index in [0.29, 0.717) is 12.6 Å². The number of anilines is 1. The number of fused-ring (bicyclic) bond motifs is 1.